The first-order valence-corrected chi connectivity index (χ1v) is 11.0. The number of carbonyl (C=O) groups is 2. The van der Waals surface area contributed by atoms with Crippen LogP contribution in [0.15, 0.2) is 30.3 Å². The van der Waals surface area contributed by atoms with Crippen molar-refractivity contribution < 1.29 is 14.3 Å². The Morgan fingerprint density at radius 3 is 2.83 bits per heavy atom. The van der Waals surface area contributed by atoms with Crippen molar-refractivity contribution in [2.75, 3.05) is 32.8 Å². The van der Waals surface area contributed by atoms with Gasteiger partial charge in [-0.1, -0.05) is 29.8 Å². The zero-order valence-corrected chi connectivity index (χ0v) is 17.7. The molecule has 2 aliphatic heterocycles. The number of benzene rings is 1. The van der Waals surface area contributed by atoms with Crippen molar-refractivity contribution >= 4 is 23.4 Å². The number of rotatable bonds is 7. The maximum absolute atomic E-state index is 13.4. The number of hydrogen-bond acceptors (Lipinski definition) is 4. The zero-order chi connectivity index (χ0) is 20.9. The lowest BCUT2D eigenvalue weighted by Gasteiger charge is -2.34. The highest BCUT2D eigenvalue weighted by molar-refractivity contribution is 6.33. The monoisotopic (exact) mass is 430 g/mol. The van der Waals surface area contributed by atoms with Crippen molar-refractivity contribution in [2.45, 2.75) is 38.1 Å². The summed E-state index contributed by atoms with van der Waals surface area (Å²) in [5, 5.41) is 7.81. The van der Waals surface area contributed by atoms with E-state index in [0.29, 0.717) is 49.1 Å². The predicted octanol–water partition coefficient (Wildman–Crippen LogP) is 3.36. The van der Waals surface area contributed by atoms with Gasteiger partial charge in [-0.3, -0.25) is 14.7 Å². The van der Waals surface area contributed by atoms with Crippen LogP contribution in [0.1, 0.15) is 42.6 Å². The molecule has 0 radical (unpaired) electrons. The number of nitrogens with zero attached hydrogens (tertiary/aromatic N) is 3. The average Bonchev–Trinajstić information content (AvgIpc) is 3.41. The van der Waals surface area contributed by atoms with E-state index in [0.717, 1.165) is 37.8 Å². The van der Waals surface area contributed by atoms with Crippen molar-refractivity contribution in [2.24, 2.45) is 0 Å². The van der Waals surface area contributed by atoms with Gasteiger partial charge >= 0.3 is 0 Å². The van der Waals surface area contributed by atoms with E-state index in [1.54, 1.807) is 12.1 Å². The lowest BCUT2D eigenvalue weighted by molar-refractivity contribution is -0.127. The van der Waals surface area contributed by atoms with Gasteiger partial charge in [0.1, 0.15) is 5.69 Å². The van der Waals surface area contributed by atoms with Crippen LogP contribution in [-0.2, 0) is 9.53 Å². The van der Waals surface area contributed by atoms with Gasteiger partial charge < -0.3 is 14.5 Å². The molecule has 7 nitrogen and oxygen atoms in total. The molecule has 2 amide bonds. The van der Waals surface area contributed by atoms with Crippen LogP contribution in [0.3, 0.4) is 0 Å². The van der Waals surface area contributed by atoms with Crippen molar-refractivity contribution in [3.8, 4) is 11.3 Å². The highest BCUT2D eigenvalue weighted by atomic mass is 35.5. The van der Waals surface area contributed by atoms with Crippen molar-refractivity contribution in [3.63, 3.8) is 0 Å². The minimum Gasteiger partial charge on any atom is -0.381 e. The Hall–Kier alpha value is -2.38. The number of ether oxygens (including phenoxy) is 1. The number of likely N-dealkylation sites (tertiary alicyclic amines) is 1. The highest BCUT2D eigenvalue weighted by Crippen LogP contribution is 2.27. The van der Waals surface area contributed by atoms with Gasteiger partial charge in [-0.25, -0.2) is 0 Å². The van der Waals surface area contributed by atoms with E-state index in [9.17, 15) is 9.59 Å². The second-order valence-electron chi connectivity index (χ2n) is 7.83. The van der Waals surface area contributed by atoms with Crippen LogP contribution in [-0.4, -0.2) is 70.7 Å². The van der Waals surface area contributed by atoms with Gasteiger partial charge in [0, 0.05) is 50.9 Å². The van der Waals surface area contributed by atoms with Crippen LogP contribution in [0.2, 0.25) is 5.02 Å². The largest absolute Gasteiger partial charge is 0.381 e. The summed E-state index contributed by atoms with van der Waals surface area (Å²) in [6, 6.07) is 9.35. The smallest absolute Gasteiger partial charge is 0.272 e. The first-order valence-electron chi connectivity index (χ1n) is 10.6. The molecule has 2 saturated heterocycles. The number of halogens is 1. The summed E-state index contributed by atoms with van der Waals surface area (Å²) in [5.74, 6) is 0.150. The van der Waals surface area contributed by atoms with E-state index < -0.39 is 0 Å². The lowest BCUT2D eigenvalue weighted by atomic mass is 10.1. The molecular formula is C22H27ClN4O3. The first-order chi connectivity index (χ1) is 14.6. The minimum atomic E-state index is -0.0690. The number of carbonyl (C=O) groups excluding carboxylic acids is 2. The third-order valence-electron chi connectivity index (χ3n) is 5.85. The van der Waals surface area contributed by atoms with Crippen molar-refractivity contribution in [3.05, 3.63) is 41.0 Å². The number of H-pyrrole nitrogens is 1. The molecule has 3 heterocycles. The highest BCUT2D eigenvalue weighted by Gasteiger charge is 2.28. The van der Waals surface area contributed by atoms with Gasteiger partial charge in [0.15, 0.2) is 0 Å². The van der Waals surface area contributed by atoms with E-state index in [-0.39, 0.29) is 17.9 Å². The van der Waals surface area contributed by atoms with Gasteiger partial charge in [0.25, 0.3) is 5.91 Å². The second-order valence-corrected chi connectivity index (χ2v) is 8.23. The standard InChI is InChI=1S/C22H27ClN4O3/c23-18-6-2-1-5-17(18)19-15-20(25-24-19)22(29)27(16-8-13-30-14-9-16)12-4-11-26-10-3-7-21(26)28/h1-2,5-6,15-16H,3-4,7-14H2,(H,24,25). The molecule has 0 atom stereocenters. The zero-order valence-electron chi connectivity index (χ0n) is 17.0. The van der Waals surface area contributed by atoms with E-state index in [1.807, 2.05) is 28.0 Å². The van der Waals surface area contributed by atoms with Gasteiger partial charge in [0.2, 0.25) is 5.91 Å². The SMILES string of the molecule is O=C1CCCN1CCCN(C(=O)c1cc(-c2ccccc2Cl)n[nH]1)C1CCOCC1. The molecule has 2 aliphatic rings. The van der Waals surface area contributed by atoms with Crippen molar-refractivity contribution in [1.29, 1.82) is 0 Å². The van der Waals surface area contributed by atoms with Crippen LogP contribution in [0, 0.1) is 0 Å². The predicted molar refractivity (Wildman–Crippen MR) is 114 cm³/mol. The summed E-state index contributed by atoms with van der Waals surface area (Å²) in [7, 11) is 0. The molecule has 1 aromatic carbocycles. The Bertz CT molecular complexity index is 894. The molecule has 0 bridgehead atoms. The van der Waals surface area contributed by atoms with Gasteiger partial charge in [-0.2, -0.15) is 5.10 Å². The molecule has 2 aromatic rings. The summed E-state index contributed by atoms with van der Waals surface area (Å²) in [6.07, 6.45) is 3.97. The second kappa shape index (κ2) is 9.62. The fourth-order valence-corrected chi connectivity index (χ4v) is 4.44. The van der Waals surface area contributed by atoms with E-state index in [1.165, 1.54) is 0 Å². The number of aromatic nitrogens is 2. The summed E-state index contributed by atoms with van der Waals surface area (Å²) in [5.41, 5.74) is 1.90. The minimum absolute atomic E-state index is 0.0690. The maximum Gasteiger partial charge on any atom is 0.272 e. The van der Waals surface area contributed by atoms with Crippen LogP contribution in [0.5, 0.6) is 0 Å². The number of aromatic amines is 1. The molecule has 0 aliphatic carbocycles. The van der Waals surface area contributed by atoms with E-state index in [4.69, 9.17) is 16.3 Å². The lowest BCUT2D eigenvalue weighted by Crippen LogP contribution is -2.45. The normalized spacial score (nSPS) is 17.5. The molecule has 30 heavy (non-hydrogen) atoms. The summed E-state index contributed by atoms with van der Waals surface area (Å²) < 4.78 is 5.48. The van der Waals surface area contributed by atoms with Crippen LogP contribution >= 0.6 is 11.6 Å². The Morgan fingerprint density at radius 2 is 2.10 bits per heavy atom. The Labute approximate surface area is 181 Å². The molecule has 2 fully saturated rings. The molecule has 4 rings (SSSR count). The fourth-order valence-electron chi connectivity index (χ4n) is 4.21. The topological polar surface area (TPSA) is 78.5 Å². The summed E-state index contributed by atoms with van der Waals surface area (Å²) in [4.78, 5) is 29.1. The Morgan fingerprint density at radius 1 is 1.30 bits per heavy atom. The Kier molecular flexibility index (Phi) is 6.69. The summed E-state index contributed by atoms with van der Waals surface area (Å²) in [6.45, 7) is 3.44. The maximum atomic E-state index is 13.4. The molecule has 1 N–H and O–H groups in total. The Balaban J connectivity index is 1.47. The third kappa shape index (κ3) is 4.68. The molecule has 1 aromatic heterocycles. The molecule has 0 saturated carbocycles. The van der Waals surface area contributed by atoms with Gasteiger partial charge in [0.05, 0.1) is 10.7 Å². The van der Waals surface area contributed by atoms with E-state index >= 15 is 0 Å². The van der Waals surface area contributed by atoms with Gasteiger partial charge in [-0.15, -0.1) is 0 Å². The first kappa shape index (κ1) is 20.9. The number of hydrogen-bond donors (Lipinski definition) is 1. The molecule has 160 valence electrons. The molecule has 0 spiro atoms. The van der Waals surface area contributed by atoms with E-state index in [2.05, 4.69) is 10.2 Å². The number of nitrogens with one attached hydrogen (secondary N) is 1. The van der Waals surface area contributed by atoms with Crippen LogP contribution in [0.4, 0.5) is 0 Å². The molecular weight excluding hydrogens is 404 g/mol. The fraction of sp³-hybridized carbons (Fsp3) is 0.500. The summed E-state index contributed by atoms with van der Waals surface area (Å²) >= 11 is 6.28. The van der Waals surface area contributed by atoms with Crippen LogP contribution in [0.25, 0.3) is 11.3 Å². The third-order valence-corrected chi connectivity index (χ3v) is 6.18. The van der Waals surface area contributed by atoms with Crippen LogP contribution < -0.4 is 0 Å². The molecule has 8 heteroatoms. The molecule has 0 unspecified atom stereocenters. The van der Waals surface area contributed by atoms with Gasteiger partial charge in [-0.05, 0) is 37.8 Å². The quantitative estimate of drug-likeness (QED) is 0.730. The average molecular weight is 431 g/mol. The van der Waals surface area contributed by atoms with Crippen molar-refractivity contribution in [1.82, 2.24) is 20.0 Å². The number of amides is 2.